The SMILES string of the molecule is CCOC(=O)N1CC2(CC[C@@H](N3CCN(c4nc(OC(F)F)ccc4-c4cnccn4)CC3)C2)C1. The van der Waals surface area contributed by atoms with Gasteiger partial charge in [0, 0.05) is 74.7 Å². The predicted molar refractivity (Wildman–Crippen MR) is 124 cm³/mol. The monoisotopic (exact) mass is 488 g/mol. The molecule has 2 aliphatic heterocycles. The van der Waals surface area contributed by atoms with Crippen LogP contribution in [0.1, 0.15) is 26.2 Å². The minimum atomic E-state index is -2.93. The molecule has 1 saturated carbocycles. The fourth-order valence-electron chi connectivity index (χ4n) is 5.65. The third-order valence-corrected chi connectivity index (χ3v) is 7.28. The maximum Gasteiger partial charge on any atom is 0.409 e. The molecule has 0 N–H and O–H groups in total. The van der Waals surface area contributed by atoms with Gasteiger partial charge in [0.2, 0.25) is 5.88 Å². The molecule has 0 bridgehead atoms. The number of pyridine rings is 1. The number of amides is 1. The number of hydrogen-bond donors (Lipinski definition) is 0. The van der Waals surface area contributed by atoms with Crippen LogP contribution in [0.2, 0.25) is 0 Å². The maximum absolute atomic E-state index is 12.8. The third-order valence-electron chi connectivity index (χ3n) is 7.28. The van der Waals surface area contributed by atoms with E-state index in [2.05, 4.69) is 29.5 Å². The molecule has 0 radical (unpaired) electrons. The van der Waals surface area contributed by atoms with Crippen molar-refractivity contribution in [2.75, 3.05) is 50.8 Å². The number of carbonyl (C=O) groups is 1. The van der Waals surface area contributed by atoms with Crippen molar-refractivity contribution in [3.8, 4) is 17.1 Å². The second kappa shape index (κ2) is 9.88. The highest BCUT2D eigenvalue weighted by Gasteiger charge is 2.51. The lowest BCUT2D eigenvalue weighted by Gasteiger charge is -2.48. The number of aromatic nitrogens is 3. The van der Waals surface area contributed by atoms with Gasteiger partial charge in [-0.25, -0.2) is 4.79 Å². The molecule has 11 heteroatoms. The van der Waals surface area contributed by atoms with Crippen LogP contribution in [0.4, 0.5) is 19.4 Å². The summed E-state index contributed by atoms with van der Waals surface area (Å²) >= 11 is 0. The molecule has 188 valence electrons. The number of halogens is 2. The Hall–Kier alpha value is -3.08. The first kappa shape index (κ1) is 23.7. The summed E-state index contributed by atoms with van der Waals surface area (Å²) in [6.07, 6.45) is 7.95. The number of nitrogens with zero attached hydrogens (tertiary/aromatic N) is 6. The molecule has 2 aromatic rings. The fraction of sp³-hybridized carbons (Fsp3) is 0.583. The number of hydrogen-bond acceptors (Lipinski definition) is 8. The number of likely N-dealkylation sites (tertiary alicyclic amines) is 1. The Bertz CT molecular complexity index is 1030. The van der Waals surface area contributed by atoms with E-state index in [0.717, 1.165) is 64.1 Å². The van der Waals surface area contributed by atoms with Crippen molar-refractivity contribution >= 4 is 11.9 Å². The Morgan fingerprint density at radius 3 is 2.69 bits per heavy atom. The molecule has 1 atom stereocenters. The normalized spacial score (nSPS) is 21.9. The number of carbonyl (C=O) groups excluding carboxylic acids is 1. The quantitative estimate of drug-likeness (QED) is 0.613. The van der Waals surface area contributed by atoms with Crippen molar-refractivity contribution in [2.45, 2.75) is 38.8 Å². The molecule has 9 nitrogen and oxygen atoms in total. The van der Waals surface area contributed by atoms with E-state index in [4.69, 9.17) is 4.74 Å². The van der Waals surface area contributed by atoms with Crippen molar-refractivity contribution < 1.29 is 23.0 Å². The van der Waals surface area contributed by atoms with Crippen molar-refractivity contribution in [3.05, 3.63) is 30.7 Å². The van der Waals surface area contributed by atoms with Gasteiger partial charge in [-0.05, 0) is 32.3 Å². The van der Waals surface area contributed by atoms with E-state index in [-0.39, 0.29) is 17.4 Å². The highest BCUT2D eigenvalue weighted by molar-refractivity contribution is 5.73. The average molecular weight is 489 g/mol. The third kappa shape index (κ3) is 5.00. The van der Waals surface area contributed by atoms with Gasteiger partial charge in [0.1, 0.15) is 5.82 Å². The first-order valence-electron chi connectivity index (χ1n) is 12.1. The fourth-order valence-corrected chi connectivity index (χ4v) is 5.65. The number of alkyl halides is 2. The molecular weight excluding hydrogens is 458 g/mol. The van der Waals surface area contributed by atoms with Crippen LogP contribution >= 0.6 is 0 Å². The van der Waals surface area contributed by atoms with Gasteiger partial charge in [-0.2, -0.15) is 13.8 Å². The van der Waals surface area contributed by atoms with Gasteiger partial charge in [-0.15, -0.1) is 0 Å². The van der Waals surface area contributed by atoms with Crippen LogP contribution in [0.15, 0.2) is 30.7 Å². The highest BCUT2D eigenvalue weighted by atomic mass is 19.3. The van der Waals surface area contributed by atoms with Crippen molar-refractivity contribution in [3.63, 3.8) is 0 Å². The molecule has 1 amide bonds. The number of ether oxygens (including phenoxy) is 2. The Kier molecular flexibility index (Phi) is 6.68. The van der Waals surface area contributed by atoms with Crippen LogP contribution in [-0.4, -0.2) is 89.4 Å². The molecular formula is C24H30F2N6O3. The number of anilines is 1. The van der Waals surface area contributed by atoms with Gasteiger partial charge in [-0.3, -0.25) is 14.9 Å². The highest BCUT2D eigenvalue weighted by Crippen LogP contribution is 2.47. The minimum Gasteiger partial charge on any atom is -0.450 e. The summed E-state index contributed by atoms with van der Waals surface area (Å²) in [5, 5.41) is 0. The van der Waals surface area contributed by atoms with Gasteiger partial charge in [-0.1, -0.05) is 0 Å². The molecule has 3 aliphatic rings. The van der Waals surface area contributed by atoms with Crippen molar-refractivity contribution in [2.24, 2.45) is 5.41 Å². The summed E-state index contributed by atoms with van der Waals surface area (Å²) in [6, 6.07) is 3.64. The Labute approximate surface area is 203 Å². The lowest BCUT2D eigenvalue weighted by atomic mass is 9.78. The standard InChI is InChI=1S/C24H30F2N6O3/c1-2-34-23(33)32-15-24(16-32)6-5-17(13-24)30-9-11-31(12-10-30)21-18(19-14-27-7-8-28-19)3-4-20(29-21)35-22(25)26/h3-4,7-8,14,17,22H,2,5-6,9-13,15-16H2,1H3/t17-/m1/s1. The van der Waals surface area contributed by atoms with Gasteiger partial charge >= 0.3 is 12.7 Å². The summed E-state index contributed by atoms with van der Waals surface area (Å²) in [7, 11) is 0. The second-order valence-corrected chi connectivity index (χ2v) is 9.46. The summed E-state index contributed by atoms with van der Waals surface area (Å²) in [5.41, 5.74) is 1.59. The van der Waals surface area contributed by atoms with Crippen LogP contribution in [-0.2, 0) is 4.74 Å². The lowest BCUT2D eigenvalue weighted by Crippen LogP contribution is -2.58. The Balaban J connectivity index is 1.23. The largest absolute Gasteiger partial charge is 0.450 e. The zero-order valence-electron chi connectivity index (χ0n) is 19.8. The van der Waals surface area contributed by atoms with E-state index in [9.17, 15) is 13.6 Å². The minimum absolute atomic E-state index is 0.112. The molecule has 5 rings (SSSR count). The first-order valence-corrected chi connectivity index (χ1v) is 12.1. The number of rotatable bonds is 6. The van der Waals surface area contributed by atoms with Gasteiger partial charge in [0.05, 0.1) is 18.5 Å². The second-order valence-electron chi connectivity index (χ2n) is 9.46. The summed E-state index contributed by atoms with van der Waals surface area (Å²) in [6.45, 7) is 4.00. The van der Waals surface area contributed by atoms with Crippen LogP contribution < -0.4 is 9.64 Å². The zero-order chi connectivity index (χ0) is 24.4. The van der Waals surface area contributed by atoms with Crippen LogP contribution in [0.3, 0.4) is 0 Å². The van der Waals surface area contributed by atoms with E-state index in [1.807, 2.05) is 6.92 Å². The van der Waals surface area contributed by atoms with E-state index in [1.165, 1.54) is 6.07 Å². The van der Waals surface area contributed by atoms with Crippen molar-refractivity contribution in [1.82, 2.24) is 24.8 Å². The van der Waals surface area contributed by atoms with Crippen LogP contribution in [0.5, 0.6) is 5.88 Å². The summed E-state index contributed by atoms with van der Waals surface area (Å²) < 4.78 is 35.3. The van der Waals surface area contributed by atoms with Crippen molar-refractivity contribution in [1.29, 1.82) is 0 Å². The van der Waals surface area contributed by atoms with Crippen LogP contribution in [0, 0.1) is 5.41 Å². The van der Waals surface area contributed by atoms with Gasteiger partial charge in [0.15, 0.2) is 0 Å². The van der Waals surface area contributed by atoms with E-state index < -0.39 is 6.61 Å². The van der Waals surface area contributed by atoms with E-state index >= 15 is 0 Å². The van der Waals surface area contributed by atoms with Crippen LogP contribution in [0.25, 0.3) is 11.3 Å². The van der Waals surface area contributed by atoms with E-state index in [1.54, 1.807) is 29.6 Å². The lowest BCUT2D eigenvalue weighted by molar-refractivity contribution is -0.0527. The first-order chi connectivity index (χ1) is 17.0. The summed E-state index contributed by atoms with van der Waals surface area (Å²) in [4.78, 5) is 31.3. The van der Waals surface area contributed by atoms with Gasteiger partial charge in [0.25, 0.3) is 0 Å². The molecule has 3 fully saturated rings. The smallest absolute Gasteiger partial charge is 0.409 e. The molecule has 1 spiro atoms. The van der Waals surface area contributed by atoms with Gasteiger partial charge < -0.3 is 19.3 Å². The Morgan fingerprint density at radius 1 is 1.20 bits per heavy atom. The molecule has 2 saturated heterocycles. The average Bonchev–Trinajstić information content (AvgIpc) is 3.30. The summed E-state index contributed by atoms with van der Waals surface area (Å²) in [5.74, 6) is 0.467. The molecule has 0 unspecified atom stereocenters. The maximum atomic E-state index is 12.8. The molecule has 2 aromatic heterocycles. The predicted octanol–water partition coefficient (Wildman–Crippen LogP) is 3.27. The zero-order valence-corrected chi connectivity index (χ0v) is 19.8. The topological polar surface area (TPSA) is 83.9 Å². The molecule has 1 aliphatic carbocycles. The molecule has 4 heterocycles. The molecule has 0 aromatic carbocycles. The number of piperazine rings is 1. The molecule has 35 heavy (non-hydrogen) atoms. The van der Waals surface area contributed by atoms with E-state index in [0.29, 0.717) is 24.2 Å². The Morgan fingerprint density at radius 2 is 2.00 bits per heavy atom.